The van der Waals surface area contributed by atoms with Crippen LogP contribution in [0.3, 0.4) is 0 Å². The van der Waals surface area contributed by atoms with Crippen LogP contribution in [0.4, 0.5) is 17.1 Å². The lowest BCUT2D eigenvalue weighted by molar-refractivity contribution is -0.175. The van der Waals surface area contributed by atoms with Crippen LogP contribution in [0, 0.1) is 69.2 Å². The van der Waals surface area contributed by atoms with Crippen molar-refractivity contribution in [3.8, 4) is 5.88 Å². The van der Waals surface area contributed by atoms with E-state index in [0.29, 0.717) is 45.9 Å². The van der Waals surface area contributed by atoms with Crippen molar-refractivity contribution in [1.82, 2.24) is 18.7 Å². The van der Waals surface area contributed by atoms with E-state index in [1.807, 2.05) is 204 Å². The zero-order valence-corrected chi connectivity index (χ0v) is 84.9. The van der Waals surface area contributed by atoms with E-state index in [0.717, 1.165) is 130 Å². The number of ether oxygens (including phenoxy) is 9. The number of carbonyl (C=O) groups is 6. The number of amides is 3. The summed E-state index contributed by atoms with van der Waals surface area (Å²) in [6.45, 7) is 63.9. The Kier molecular flexibility index (Phi) is 33.1. The predicted molar refractivity (Wildman–Crippen MR) is 521 cm³/mol. The van der Waals surface area contributed by atoms with Gasteiger partial charge >= 0.3 is 16.7 Å². The molecule has 716 valence electrons. The van der Waals surface area contributed by atoms with Crippen LogP contribution >= 0.6 is 15.9 Å². The van der Waals surface area contributed by atoms with Gasteiger partial charge in [-0.2, -0.15) is 0 Å². The molecule has 3 amide bonds. The summed E-state index contributed by atoms with van der Waals surface area (Å²) in [5.41, 5.74) is 26.7. The number of rotatable bonds is 13. The largest absolute Gasteiger partial charge is 0.471 e. The molecule has 6 atom stereocenters. The Balaban J connectivity index is 0.000000166. The van der Waals surface area contributed by atoms with Gasteiger partial charge in [-0.1, -0.05) is 108 Å². The minimum Gasteiger partial charge on any atom is -0.471 e. The van der Waals surface area contributed by atoms with Gasteiger partial charge in [0.15, 0.2) is 23.1 Å². The van der Waals surface area contributed by atoms with Crippen LogP contribution in [0.1, 0.15) is 235 Å². The number of aliphatic hydroxyl groups excluding tert-OH is 1. The van der Waals surface area contributed by atoms with E-state index in [1.165, 1.54) is 33.4 Å². The molecule has 4 saturated heterocycles. The monoisotopic (exact) mass is 1880 g/mol. The summed E-state index contributed by atoms with van der Waals surface area (Å²) < 4.78 is 57.6. The van der Waals surface area contributed by atoms with Gasteiger partial charge in [-0.3, -0.25) is 52.3 Å². The van der Waals surface area contributed by atoms with Gasteiger partial charge < -0.3 is 67.4 Å². The number of nitrogens with one attached hydrogen (secondary N) is 1. The fourth-order valence-electron chi connectivity index (χ4n) is 17.8. The van der Waals surface area contributed by atoms with Crippen LogP contribution in [0.5, 0.6) is 5.88 Å². The summed E-state index contributed by atoms with van der Waals surface area (Å²) in [6, 6.07) is 16.0. The van der Waals surface area contributed by atoms with Crippen molar-refractivity contribution < 1.29 is 76.5 Å². The molecule has 4 fully saturated rings. The minimum atomic E-state index is -0.790. The Morgan fingerprint density at radius 2 is 0.917 bits per heavy atom. The Morgan fingerprint density at radius 1 is 0.477 bits per heavy atom. The van der Waals surface area contributed by atoms with Crippen molar-refractivity contribution >= 4 is 90.1 Å². The fourth-order valence-corrected chi connectivity index (χ4v) is 18.5. The first-order valence-corrected chi connectivity index (χ1v) is 46.9. The van der Waals surface area contributed by atoms with Crippen LogP contribution < -0.4 is 36.5 Å². The van der Waals surface area contributed by atoms with Crippen LogP contribution in [-0.2, 0) is 116 Å². The van der Waals surface area contributed by atoms with Crippen molar-refractivity contribution in [1.29, 1.82) is 0 Å². The molecule has 9 aliphatic rings. The molecule has 16 rings (SSSR count). The molecule has 132 heavy (non-hydrogen) atoms. The van der Waals surface area contributed by atoms with E-state index >= 15 is 0 Å². The number of hydrogen-bond donors (Lipinski definition) is 2. The van der Waals surface area contributed by atoms with Crippen molar-refractivity contribution in [3.05, 3.63) is 210 Å². The maximum Gasteiger partial charge on any atom is 0.317 e. The van der Waals surface area contributed by atoms with E-state index in [9.17, 15) is 48.3 Å². The summed E-state index contributed by atoms with van der Waals surface area (Å²) in [5.74, 6) is -4.80. The number of carbonyl (C=O) groups excluding carboxylic acids is 6. The average Bonchev–Trinajstić information content (AvgIpc) is 0.886. The summed E-state index contributed by atoms with van der Waals surface area (Å²) in [4.78, 5) is 117. The van der Waals surface area contributed by atoms with Crippen molar-refractivity contribution in [2.75, 3.05) is 60.0 Å². The first-order valence-electron chi connectivity index (χ1n) is 45.8. The number of hydrogen-bond acceptors (Lipinski definition) is 20. The lowest BCUT2D eigenvalue weighted by atomic mass is 9.72. The van der Waals surface area contributed by atoms with Crippen LogP contribution in [0.2, 0.25) is 0 Å². The normalized spacial score (nSPS) is 21.4. The molecule has 11 heterocycles. The van der Waals surface area contributed by atoms with Gasteiger partial charge in [-0.05, 0) is 317 Å². The van der Waals surface area contributed by atoms with Crippen LogP contribution in [-0.4, -0.2) is 163 Å². The van der Waals surface area contributed by atoms with E-state index in [2.05, 4.69) is 108 Å². The lowest BCUT2D eigenvalue weighted by Gasteiger charge is -2.43. The zero-order valence-electron chi connectivity index (χ0n) is 83.4. The van der Waals surface area contributed by atoms with Crippen LogP contribution in [0.25, 0.3) is 22.1 Å². The first kappa shape index (κ1) is 105. The number of aliphatic hydroxyl groups is 1. The maximum absolute atomic E-state index is 13.4. The average molecular weight is 1880 g/mol. The highest BCUT2D eigenvalue weighted by atomic mass is 79.9. The molecule has 2 N–H and O–H groups in total. The van der Waals surface area contributed by atoms with Gasteiger partial charge in [0.25, 0.3) is 23.6 Å². The number of halogens is 1. The van der Waals surface area contributed by atoms with Gasteiger partial charge in [-0.15, -0.1) is 0 Å². The number of allylic oxidation sites excluding steroid dienone is 7. The molecule has 0 saturated carbocycles. The van der Waals surface area contributed by atoms with Crippen molar-refractivity contribution in [2.24, 2.45) is 0 Å². The number of ketones is 3. The third-order valence-corrected chi connectivity index (χ3v) is 25.9. The number of nitrogens with zero attached hydrogens (tertiary/aromatic N) is 6. The molecule has 0 spiro atoms. The highest BCUT2D eigenvalue weighted by molar-refractivity contribution is 9.09. The lowest BCUT2D eigenvalue weighted by Crippen LogP contribution is -2.48. The number of aromatic nitrogens is 4. The number of aryl methyl sites for hydroxylation is 9. The molecular formula is C105H140BrN7O19. The second-order valence-corrected chi connectivity index (χ2v) is 40.9. The molecule has 0 radical (unpaired) electrons. The highest BCUT2D eigenvalue weighted by Crippen LogP contribution is 2.48. The maximum atomic E-state index is 13.4. The quantitative estimate of drug-likeness (QED) is 0.0615. The van der Waals surface area contributed by atoms with Gasteiger partial charge in [0, 0.05) is 68.7 Å². The number of anilines is 3. The summed E-state index contributed by atoms with van der Waals surface area (Å²) in [5, 5.41) is 12.8. The van der Waals surface area contributed by atoms with E-state index < -0.39 is 52.2 Å². The summed E-state index contributed by atoms with van der Waals surface area (Å²) in [7, 11) is 0. The SMILES string of the molecule is CC(C)=CCBr.CC(C)=CCN1C(=O)C(=O)Cc2cc(C)c(C)cc21.CC(C)=CCn1c(=O)c(=O)n(CC=C(C)C)c2cc(C)c(C)cc21.CC1(C)O[C@H]([C@H]2COC(C)(C)O2)[C@H](CO)O1.Cc1cc2c(cc1C)NC(=O)C(=O)C2.Cc1cc2c3c(c1C)C(C)(C)CCN3C(=O)C(=O)C2.Cc1cc2nc(OC[C@@H]3OC(C)(C)O[C@@H]3[C@H]3COC(C)(C)O3)c(=O)n3c2c(c1C)C(C)(C)CC3. The number of benzene rings is 5. The second-order valence-electron chi connectivity index (χ2n) is 40.2. The molecule has 0 bridgehead atoms. The van der Waals surface area contributed by atoms with Crippen molar-refractivity contribution in [3.63, 3.8) is 0 Å². The molecular weight excluding hydrogens is 1740 g/mol. The molecule has 9 aliphatic heterocycles. The Morgan fingerprint density at radius 3 is 1.42 bits per heavy atom. The second kappa shape index (κ2) is 41.8. The van der Waals surface area contributed by atoms with Gasteiger partial charge in [0.1, 0.15) is 43.2 Å². The van der Waals surface area contributed by atoms with Gasteiger partial charge in [0.05, 0.1) is 47.6 Å². The zero-order chi connectivity index (χ0) is 98.0. The molecule has 7 aromatic rings. The fraction of sp³-hybridized carbons (Fsp3) is 0.543. The summed E-state index contributed by atoms with van der Waals surface area (Å²) in [6.07, 6.45) is 8.62. The Bertz CT molecular complexity index is 5830. The van der Waals surface area contributed by atoms with Gasteiger partial charge in [-0.25, -0.2) is 4.98 Å². The Hall–Kier alpha value is -9.52. The molecule has 5 aromatic carbocycles. The number of alkyl halides is 1. The van der Waals surface area contributed by atoms with Gasteiger partial charge in [0.2, 0.25) is 17.3 Å². The standard InChI is InChI=1S/C26H36N2O6.C20H26N2O2.2C16H19NO2.C11H11NO2.C11H20O5.C5H9Br/c1-14-11-16-20-19(15(14)2)24(3,4)9-10-28(20)23(29)22(27-16)30-12-17-21(34-26(7,8)33-17)18-13-31-25(5,6)32-18;1-13(2)7-9-21-17-11-15(5)16(6)12-18(17)22(10-8-14(3)4)20(24)19(21)23;1-9-7-11-8-12(18)15(19)17-6-5-16(3,4)13(10(9)2)14(11)17;1-10(2)5-6-17-14-8-12(4)11(3)7-13(14)9-15(18)16(17)19;1-6-3-8-5-10(13)11(14)12-9(8)4-7(6)2;1-10(2)13-6-8(15-10)9-7(5-12)14-11(3,4)16-9;1-5(2)3-4-6/h11,17-18,21H,9-10,12-13H2,1-8H3;7-8,11-12H,9-10H2,1-6H3;7H,5-6,8H2,1-4H3;5,7-8H,6,9H2,1-4H3;3-4H,5H2,1-2H3,(H,12,14);7-9,12H,5-6H2,1-4H3;3H,4H2,1-2H3/t17-,18+,21-;;;;;7-,8+,9-;/m0....0./s1. The van der Waals surface area contributed by atoms with Crippen LogP contribution in [0.15, 0.2) is 110 Å². The Labute approximate surface area is 786 Å². The smallest absolute Gasteiger partial charge is 0.317 e. The topological polar surface area (TPSA) is 303 Å². The highest BCUT2D eigenvalue weighted by Gasteiger charge is 2.52. The van der Waals surface area contributed by atoms with E-state index in [4.69, 9.17) is 42.6 Å². The molecule has 0 aliphatic carbocycles. The molecule has 26 nitrogen and oxygen atoms in total. The van der Waals surface area contributed by atoms with E-state index in [-0.39, 0.29) is 109 Å². The molecule has 27 heteroatoms. The molecule has 2 aromatic heterocycles. The molecule has 0 unspecified atom stereocenters. The van der Waals surface area contributed by atoms with E-state index in [1.54, 1.807) is 18.9 Å². The minimum absolute atomic E-state index is 0.0180. The third kappa shape index (κ3) is 24.4. The van der Waals surface area contributed by atoms with Crippen molar-refractivity contribution in [2.45, 2.75) is 330 Å². The summed E-state index contributed by atoms with van der Waals surface area (Å²) >= 11 is 3.27. The predicted octanol–water partition coefficient (Wildman–Crippen LogP) is 17.0. The third-order valence-electron chi connectivity index (χ3n) is 25.6. The first-order chi connectivity index (χ1) is 61.4. The number of fused-ring (bicyclic) bond motifs is 3. The number of Topliss-reactive ketones (excluding diaryl/α,β-unsaturated/α-hetero) is 3.